The molecule has 0 N–H and O–H groups in total. The van der Waals surface area contributed by atoms with E-state index in [4.69, 9.17) is 11.6 Å². The molecule has 7 heteroatoms. The fourth-order valence-electron chi connectivity index (χ4n) is 2.28. The average molecular weight is 348 g/mol. The standard InChI is InChI=1S/C16H12ClNO4S/c17-12-6-8-13(9-7-12)18-14(19)10-23(21,22)15(16(18)20)11-4-2-1-3-5-11/h1-10,19-20H/p-2. The number of benzene rings is 2. The Balaban J connectivity index is 2.21. The number of hydrogen-bond acceptors (Lipinski definition) is 5. The highest BCUT2D eigenvalue weighted by Gasteiger charge is 2.26. The van der Waals surface area contributed by atoms with E-state index in [0.29, 0.717) is 10.4 Å². The quantitative estimate of drug-likeness (QED) is 0.820. The van der Waals surface area contributed by atoms with Crippen molar-refractivity contribution in [1.82, 2.24) is 0 Å². The Morgan fingerprint density at radius 3 is 2.13 bits per heavy atom. The van der Waals surface area contributed by atoms with Gasteiger partial charge in [-0.1, -0.05) is 41.9 Å². The molecule has 2 aromatic rings. The summed E-state index contributed by atoms with van der Waals surface area (Å²) in [4.78, 5) is 0.396. The van der Waals surface area contributed by atoms with Gasteiger partial charge < -0.3 is 15.1 Å². The number of anilines is 1. The second kappa shape index (κ2) is 5.64. The number of halogens is 1. The van der Waals surface area contributed by atoms with E-state index in [9.17, 15) is 18.6 Å². The lowest BCUT2D eigenvalue weighted by molar-refractivity contribution is -0.330. The molecule has 2 aromatic carbocycles. The highest BCUT2D eigenvalue weighted by molar-refractivity contribution is 8.03. The summed E-state index contributed by atoms with van der Waals surface area (Å²) < 4.78 is 24.5. The second-order valence-corrected chi connectivity index (χ2v) is 6.98. The molecule has 1 aliphatic heterocycles. The minimum Gasteiger partial charge on any atom is -0.859 e. The Labute approximate surface area is 138 Å². The van der Waals surface area contributed by atoms with E-state index in [1.807, 2.05) is 0 Å². The van der Waals surface area contributed by atoms with Crippen molar-refractivity contribution in [3.63, 3.8) is 0 Å². The zero-order chi connectivity index (χ0) is 16.6. The largest absolute Gasteiger partial charge is 0.859 e. The van der Waals surface area contributed by atoms with Gasteiger partial charge in [0.1, 0.15) is 0 Å². The maximum absolute atomic E-state index is 12.7. The van der Waals surface area contributed by atoms with Gasteiger partial charge in [0.2, 0.25) is 9.84 Å². The lowest BCUT2D eigenvalue weighted by Crippen LogP contribution is -2.39. The predicted molar refractivity (Wildman–Crippen MR) is 84.3 cm³/mol. The topological polar surface area (TPSA) is 83.5 Å². The minimum absolute atomic E-state index is 0.236. The van der Waals surface area contributed by atoms with E-state index in [0.717, 1.165) is 4.90 Å². The van der Waals surface area contributed by atoms with Gasteiger partial charge in [-0.25, -0.2) is 8.42 Å². The van der Waals surface area contributed by atoms with E-state index in [1.165, 1.54) is 36.4 Å². The molecule has 1 aliphatic rings. The van der Waals surface area contributed by atoms with E-state index in [2.05, 4.69) is 0 Å². The first-order valence-corrected chi connectivity index (χ1v) is 8.49. The van der Waals surface area contributed by atoms with Crippen LogP contribution in [0.3, 0.4) is 0 Å². The first-order chi connectivity index (χ1) is 10.9. The maximum Gasteiger partial charge on any atom is 0.202 e. The van der Waals surface area contributed by atoms with Crippen molar-refractivity contribution in [1.29, 1.82) is 0 Å². The van der Waals surface area contributed by atoms with Crippen LogP contribution in [0.15, 0.2) is 71.8 Å². The third kappa shape index (κ3) is 2.78. The fraction of sp³-hybridized carbons (Fsp3) is 0. The molecule has 0 spiro atoms. The summed E-state index contributed by atoms with van der Waals surface area (Å²) in [5.74, 6) is -1.79. The molecule has 0 fully saturated rings. The van der Waals surface area contributed by atoms with Gasteiger partial charge in [-0.15, -0.1) is 0 Å². The SMILES string of the molecule is O=S1(=O)C=C([O-])N(c2ccc(Cl)cc2)C([O-])=C1c1ccccc1. The van der Waals surface area contributed by atoms with Crippen LogP contribution in [0.4, 0.5) is 5.69 Å². The van der Waals surface area contributed by atoms with Crippen molar-refractivity contribution in [2.75, 3.05) is 4.90 Å². The van der Waals surface area contributed by atoms with Crippen molar-refractivity contribution in [2.45, 2.75) is 0 Å². The zero-order valence-electron chi connectivity index (χ0n) is 11.6. The minimum atomic E-state index is -4.10. The van der Waals surface area contributed by atoms with Crippen LogP contribution in [0.5, 0.6) is 0 Å². The Kier molecular flexibility index (Phi) is 3.79. The number of nitrogens with zero attached hydrogens (tertiary/aromatic N) is 1. The predicted octanol–water partition coefficient (Wildman–Crippen LogP) is 1.42. The summed E-state index contributed by atoms with van der Waals surface area (Å²) in [6.07, 6.45) is 0. The van der Waals surface area contributed by atoms with Crippen molar-refractivity contribution in [3.8, 4) is 0 Å². The van der Waals surface area contributed by atoms with Crippen molar-refractivity contribution in [3.05, 3.63) is 82.4 Å². The third-order valence-electron chi connectivity index (χ3n) is 3.28. The average Bonchev–Trinajstić information content (AvgIpc) is 2.49. The molecule has 0 amide bonds. The Bertz CT molecular complexity index is 903. The third-order valence-corrected chi connectivity index (χ3v) is 5.02. The molecule has 0 aliphatic carbocycles. The molecule has 1 heterocycles. The summed E-state index contributed by atoms with van der Waals surface area (Å²) in [6.45, 7) is 0. The number of hydrogen-bond donors (Lipinski definition) is 0. The van der Waals surface area contributed by atoms with Gasteiger partial charge in [-0.2, -0.15) is 0 Å². The van der Waals surface area contributed by atoms with Crippen LogP contribution in [0.25, 0.3) is 4.91 Å². The maximum atomic E-state index is 12.7. The summed E-state index contributed by atoms with van der Waals surface area (Å²) in [5.41, 5.74) is 0.490. The highest BCUT2D eigenvalue weighted by atomic mass is 35.5. The zero-order valence-corrected chi connectivity index (χ0v) is 13.2. The van der Waals surface area contributed by atoms with E-state index < -0.39 is 26.5 Å². The van der Waals surface area contributed by atoms with Crippen molar-refractivity contribution >= 4 is 32.0 Å². The number of rotatable bonds is 2. The smallest absolute Gasteiger partial charge is 0.202 e. The summed E-state index contributed by atoms with van der Waals surface area (Å²) in [6, 6.07) is 14.0. The molecule has 0 aromatic heterocycles. The van der Waals surface area contributed by atoms with Gasteiger partial charge in [-0.3, -0.25) is 0 Å². The first kappa shape index (κ1) is 15.5. The normalized spacial score (nSPS) is 17.1. The molecule has 0 atom stereocenters. The van der Waals surface area contributed by atoms with Crippen LogP contribution in [0, 0.1) is 0 Å². The lowest BCUT2D eigenvalue weighted by Gasteiger charge is -2.40. The van der Waals surface area contributed by atoms with Gasteiger partial charge in [0, 0.05) is 16.1 Å². The molecule has 0 saturated carbocycles. The van der Waals surface area contributed by atoms with Crippen LogP contribution in [-0.4, -0.2) is 8.42 Å². The van der Waals surface area contributed by atoms with Gasteiger partial charge >= 0.3 is 0 Å². The van der Waals surface area contributed by atoms with Crippen molar-refractivity contribution < 1.29 is 18.6 Å². The van der Waals surface area contributed by atoms with Crippen LogP contribution in [-0.2, 0) is 9.84 Å². The van der Waals surface area contributed by atoms with E-state index in [-0.39, 0.29) is 11.3 Å². The molecule has 3 rings (SSSR count). The van der Waals surface area contributed by atoms with Crippen LogP contribution >= 0.6 is 11.6 Å². The molecule has 118 valence electrons. The first-order valence-electron chi connectivity index (χ1n) is 6.56. The summed E-state index contributed by atoms with van der Waals surface area (Å²) in [7, 11) is -4.10. The molecule has 0 bridgehead atoms. The molecule has 0 unspecified atom stereocenters. The van der Waals surface area contributed by atoms with Crippen LogP contribution in [0.1, 0.15) is 5.56 Å². The highest BCUT2D eigenvalue weighted by Crippen LogP contribution is 2.34. The van der Waals surface area contributed by atoms with Crippen LogP contribution < -0.4 is 15.1 Å². The molecule has 23 heavy (non-hydrogen) atoms. The van der Waals surface area contributed by atoms with Gasteiger partial charge in [-0.05, 0) is 41.6 Å². The number of sulfone groups is 1. The van der Waals surface area contributed by atoms with Gasteiger partial charge in [0.15, 0.2) is 0 Å². The molecule has 0 radical (unpaired) electrons. The fourth-order valence-corrected chi connectivity index (χ4v) is 3.69. The van der Waals surface area contributed by atoms with E-state index in [1.54, 1.807) is 18.2 Å². The Hall–Kier alpha value is -2.44. The van der Waals surface area contributed by atoms with Crippen LogP contribution in [0.2, 0.25) is 5.02 Å². The molecular formula is C16H10ClNO4S-2. The molecule has 0 saturated heterocycles. The summed E-state index contributed by atoms with van der Waals surface area (Å²) in [5, 5.41) is 25.8. The molecule has 5 nitrogen and oxygen atoms in total. The van der Waals surface area contributed by atoms with E-state index >= 15 is 0 Å². The van der Waals surface area contributed by atoms with Crippen molar-refractivity contribution in [2.24, 2.45) is 0 Å². The lowest BCUT2D eigenvalue weighted by atomic mass is 10.2. The monoisotopic (exact) mass is 347 g/mol. The Morgan fingerprint density at radius 1 is 0.913 bits per heavy atom. The van der Waals surface area contributed by atoms with Gasteiger partial charge in [0.25, 0.3) is 0 Å². The molecular weight excluding hydrogens is 338 g/mol. The van der Waals surface area contributed by atoms with Gasteiger partial charge in [0.05, 0.1) is 4.91 Å². The Morgan fingerprint density at radius 2 is 1.52 bits per heavy atom. The second-order valence-electron chi connectivity index (χ2n) is 4.81. The summed E-state index contributed by atoms with van der Waals surface area (Å²) >= 11 is 5.80.